The van der Waals surface area contributed by atoms with E-state index in [-0.39, 0.29) is 17.6 Å². The Labute approximate surface area is 164 Å². The standard InChI is InChI=1S/C21H27FN2O4/c1-7-24(11-15-8-9-17(27-5)16(22)10-15)14(4)20(25)19-12(2)18(13(3)23-19)21(26)28-6/h8-10,14,23H,7,11H2,1-6H3/p+1/t14-/m0/s1. The molecule has 0 aliphatic rings. The van der Waals surface area contributed by atoms with Crippen LogP contribution in [-0.4, -0.2) is 43.5 Å². The highest BCUT2D eigenvalue weighted by atomic mass is 19.1. The van der Waals surface area contributed by atoms with Crippen molar-refractivity contribution >= 4 is 11.8 Å². The fraction of sp³-hybridized carbons (Fsp3) is 0.429. The number of quaternary nitrogens is 1. The van der Waals surface area contributed by atoms with Gasteiger partial charge in [0.1, 0.15) is 6.54 Å². The van der Waals surface area contributed by atoms with Crippen LogP contribution in [0.3, 0.4) is 0 Å². The van der Waals surface area contributed by atoms with Crippen molar-refractivity contribution in [3.05, 3.63) is 52.1 Å². The van der Waals surface area contributed by atoms with E-state index in [1.54, 1.807) is 26.0 Å². The van der Waals surface area contributed by atoms with Gasteiger partial charge in [-0.3, -0.25) is 4.79 Å². The Morgan fingerprint density at radius 3 is 2.46 bits per heavy atom. The molecule has 2 atom stereocenters. The number of esters is 1. The number of likely N-dealkylation sites (N-methyl/N-ethyl adjacent to an activating group) is 1. The summed E-state index contributed by atoms with van der Waals surface area (Å²) < 4.78 is 23.7. The molecule has 0 spiro atoms. The lowest BCUT2D eigenvalue weighted by molar-refractivity contribution is -0.925. The maximum Gasteiger partial charge on any atom is 0.339 e. The summed E-state index contributed by atoms with van der Waals surface area (Å²) in [5.74, 6) is -0.792. The van der Waals surface area contributed by atoms with Crippen LogP contribution in [0.4, 0.5) is 4.39 Å². The highest BCUT2D eigenvalue weighted by molar-refractivity contribution is 6.03. The first-order valence-electron chi connectivity index (χ1n) is 9.23. The number of nitrogens with one attached hydrogen (secondary N) is 2. The van der Waals surface area contributed by atoms with Crippen LogP contribution in [0.5, 0.6) is 5.75 Å². The van der Waals surface area contributed by atoms with Gasteiger partial charge in [0.25, 0.3) is 0 Å². The zero-order valence-electron chi connectivity index (χ0n) is 17.2. The fourth-order valence-corrected chi connectivity index (χ4v) is 3.47. The molecule has 6 nitrogen and oxygen atoms in total. The summed E-state index contributed by atoms with van der Waals surface area (Å²) in [6, 6.07) is 4.45. The maximum absolute atomic E-state index is 14.0. The number of hydrogen-bond acceptors (Lipinski definition) is 4. The number of carbonyl (C=O) groups excluding carboxylic acids is 2. The zero-order valence-corrected chi connectivity index (χ0v) is 17.2. The summed E-state index contributed by atoms with van der Waals surface area (Å²) in [4.78, 5) is 29.1. The van der Waals surface area contributed by atoms with Gasteiger partial charge < -0.3 is 19.4 Å². The molecule has 1 aromatic heterocycles. The van der Waals surface area contributed by atoms with Crippen molar-refractivity contribution in [2.24, 2.45) is 0 Å². The minimum atomic E-state index is -0.466. The molecule has 0 aliphatic carbocycles. The van der Waals surface area contributed by atoms with Crippen LogP contribution >= 0.6 is 0 Å². The van der Waals surface area contributed by atoms with Crippen molar-refractivity contribution in [2.45, 2.75) is 40.3 Å². The Morgan fingerprint density at radius 2 is 1.93 bits per heavy atom. The number of H-pyrrole nitrogens is 1. The molecule has 0 bridgehead atoms. The SMILES string of the molecule is CC[NH+](Cc1ccc(OC)c(F)c1)[C@@H](C)C(=O)c1[nH]c(C)c(C(=O)OC)c1C. The average molecular weight is 391 g/mol. The first-order valence-corrected chi connectivity index (χ1v) is 9.23. The van der Waals surface area contributed by atoms with Gasteiger partial charge in [0.05, 0.1) is 32.0 Å². The van der Waals surface area contributed by atoms with E-state index in [1.165, 1.54) is 20.3 Å². The molecule has 0 amide bonds. The van der Waals surface area contributed by atoms with E-state index in [9.17, 15) is 14.0 Å². The number of hydrogen-bond donors (Lipinski definition) is 2. The number of carbonyl (C=O) groups is 2. The topological polar surface area (TPSA) is 72.8 Å². The smallest absolute Gasteiger partial charge is 0.339 e. The van der Waals surface area contributed by atoms with Gasteiger partial charge in [-0.1, -0.05) is 0 Å². The lowest BCUT2D eigenvalue weighted by Gasteiger charge is -2.24. The Kier molecular flexibility index (Phi) is 6.96. The van der Waals surface area contributed by atoms with Crippen molar-refractivity contribution in [1.29, 1.82) is 0 Å². The number of ketones is 1. The normalized spacial score (nSPS) is 13.1. The number of halogens is 1. The number of benzene rings is 1. The van der Waals surface area contributed by atoms with Gasteiger partial charge in [0.15, 0.2) is 17.6 Å². The predicted molar refractivity (Wildman–Crippen MR) is 104 cm³/mol. The number of Topliss-reactive ketones (excluding diaryl/α,β-unsaturated/α-hetero) is 1. The molecule has 1 unspecified atom stereocenters. The molecule has 2 N–H and O–H groups in total. The van der Waals surface area contributed by atoms with Gasteiger partial charge in [-0.15, -0.1) is 0 Å². The van der Waals surface area contributed by atoms with E-state index in [4.69, 9.17) is 9.47 Å². The highest BCUT2D eigenvalue weighted by Gasteiger charge is 2.30. The highest BCUT2D eigenvalue weighted by Crippen LogP contribution is 2.20. The van der Waals surface area contributed by atoms with Gasteiger partial charge in [-0.2, -0.15) is 0 Å². The summed E-state index contributed by atoms with van der Waals surface area (Å²) in [6.07, 6.45) is 0. The van der Waals surface area contributed by atoms with Crippen LogP contribution in [0.15, 0.2) is 18.2 Å². The van der Waals surface area contributed by atoms with Crippen molar-refractivity contribution in [3.63, 3.8) is 0 Å². The summed E-state index contributed by atoms with van der Waals surface area (Å²) in [5.41, 5.74) is 2.79. The van der Waals surface area contributed by atoms with Crippen molar-refractivity contribution in [3.8, 4) is 5.75 Å². The second kappa shape index (κ2) is 9.01. The molecular formula is C21H28FN2O4+. The molecule has 0 fully saturated rings. The number of aromatic amines is 1. The Hall–Kier alpha value is -2.67. The summed E-state index contributed by atoms with van der Waals surface area (Å²) in [6.45, 7) is 8.47. The second-order valence-electron chi connectivity index (χ2n) is 6.86. The first-order chi connectivity index (χ1) is 13.2. The van der Waals surface area contributed by atoms with Crippen molar-refractivity contribution < 1.29 is 28.4 Å². The van der Waals surface area contributed by atoms with E-state index >= 15 is 0 Å². The number of methoxy groups -OCH3 is 2. The van der Waals surface area contributed by atoms with Crippen LogP contribution < -0.4 is 9.64 Å². The summed E-state index contributed by atoms with van der Waals surface area (Å²) >= 11 is 0. The lowest BCUT2D eigenvalue weighted by Crippen LogP contribution is -3.14. The molecule has 0 aliphatic heterocycles. The molecule has 2 aromatic rings. The summed E-state index contributed by atoms with van der Waals surface area (Å²) in [7, 11) is 2.74. The third-order valence-electron chi connectivity index (χ3n) is 5.18. The summed E-state index contributed by atoms with van der Waals surface area (Å²) in [5, 5.41) is 0. The zero-order chi connectivity index (χ0) is 21.0. The molecule has 0 saturated heterocycles. The molecule has 1 heterocycles. The van der Waals surface area contributed by atoms with Crippen LogP contribution in [0.25, 0.3) is 0 Å². The molecular weight excluding hydrogens is 363 g/mol. The minimum Gasteiger partial charge on any atom is -0.494 e. The first kappa shape index (κ1) is 21.6. The third-order valence-corrected chi connectivity index (χ3v) is 5.18. The number of aromatic nitrogens is 1. The minimum absolute atomic E-state index is 0.0958. The van der Waals surface area contributed by atoms with Crippen LogP contribution in [0.1, 0.15) is 51.5 Å². The largest absolute Gasteiger partial charge is 0.494 e. The molecule has 1 aromatic carbocycles. The fourth-order valence-electron chi connectivity index (χ4n) is 3.47. The van der Waals surface area contributed by atoms with E-state index < -0.39 is 11.8 Å². The molecule has 0 radical (unpaired) electrons. The van der Waals surface area contributed by atoms with E-state index in [1.807, 2.05) is 13.8 Å². The van der Waals surface area contributed by atoms with Crippen LogP contribution in [0.2, 0.25) is 0 Å². The van der Waals surface area contributed by atoms with Crippen LogP contribution in [0, 0.1) is 19.7 Å². The number of rotatable bonds is 8. The van der Waals surface area contributed by atoms with E-state index in [0.29, 0.717) is 35.6 Å². The van der Waals surface area contributed by atoms with Crippen LogP contribution in [-0.2, 0) is 11.3 Å². The van der Waals surface area contributed by atoms with Crippen molar-refractivity contribution in [1.82, 2.24) is 4.98 Å². The maximum atomic E-state index is 14.0. The van der Waals surface area contributed by atoms with Gasteiger partial charge in [0.2, 0.25) is 5.78 Å². The number of ether oxygens (including phenoxy) is 2. The van der Waals surface area contributed by atoms with Crippen molar-refractivity contribution in [2.75, 3.05) is 20.8 Å². The number of aryl methyl sites for hydroxylation is 1. The Morgan fingerprint density at radius 1 is 1.25 bits per heavy atom. The average Bonchev–Trinajstić information content (AvgIpc) is 2.98. The van der Waals surface area contributed by atoms with E-state index in [2.05, 4.69) is 4.98 Å². The Balaban J connectivity index is 2.25. The van der Waals surface area contributed by atoms with Gasteiger partial charge >= 0.3 is 5.97 Å². The van der Waals surface area contributed by atoms with Gasteiger partial charge in [-0.25, -0.2) is 9.18 Å². The monoisotopic (exact) mass is 391 g/mol. The second-order valence-corrected chi connectivity index (χ2v) is 6.86. The molecule has 152 valence electrons. The lowest BCUT2D eigenvalue weighted by atomic mass is 10.0. The molecule has 0 saturated carbocycles. The van der Waals surface area contributed by atoms with Gasteiger partial charge in [-0.05, 0) is 51.5 Å². The quantitative estimate of drug-likeness (QED) is 0.535. The third kappa shape index (κ3) is 4.25. The Bertz CT molecular complexity index is 876. The molecule has 7 heteroatoms. The molecule has 2 rings (SSSR count). The van der Waals surface area contributed by atoms with Gasteiger partial charge in [0, 0.05) is 11.3 Å². The molecule has 28 heavy (non-hydrogen) atoms. The van der Waals surface area contributed by atoms with E-state index in [0.717, 1.165) is 10.5 Å². The predicted octanol–water partition coefficient (Wildman–Crippen LogP) is 2.24.